The Morgan fingerprint density at radius 2 is 1.83 bits per heavy atom. The van der Waals surface area contributed by atoms with Crippen LogP contribution in [0.5, 0.6) is 0 Å². The molecule has 18 heavy (non-hydrogen) atoms. The lowest BCUT2D eigenvalue weighted by molar-refractivity contribution is -0.0993. The fraction of sp³-hybridized carbons (Fsp3) is 0.571. The molecule has 5 rings (SSSR count). The molecular weight excluding hydrogens is 290 g/mol. The molecule has 0 spiro atoms. The minimum Gasteiger partial charge on any atom is -0.326 e. The lowest BCUT2D eigenvalue weighted by atomic mass is 9.63. The van der Waals surface area contributed by atoms with E-state index in [1.165, 1.54) is 23.1 Å². The summed E-state index contributed by atoms with van der Waals surface area (Å²) in [6, 6.07) is 8.91. The summed E-state index contributed by atoms with van der Waals surface area (Å²) >= 11 is 3.72. The van der Waals surface area contributed by atoms with Crippen molar-refractivity contribution in [1.82, 2.24) is 9.80 Å². The van der Waals surface area contributed by atoms with Crippen molar-refractivity contribution in [3.8, 4) is 0 Å². The number of benzene rings is 1. The molecule has 0 radical (unpaired) electrons. The number of piperidine rings is 2. The predicted octanol–water partition coefficient (Wildman–Crippen LogP) is 1.23. The summed E-state index contributed by atoms with van der Waals surface area (Å²) in [6.45, 7) is 5.73. The summed E-state index contributed by atoms with van der Waals surface area (Å²) in [5.41, 5.74) is 8.15. The van der Waals surface area contributed by atoms with Crippen LogP contribution < -0.4 is 5.73 Å². The third kappa shape index (κ3) is 1.40. The second kappa shape index (κ2) is 3.79. The van der Waals surface area contributed by atoms with E-state index in [-0.39, 0.29) is 5.41 Å². The van der Waals surface area contributed by atoms with Crippen LogP contribution in [0.4, 0.5) is 0 Å². The highest BCUT2D eigenvalue weighted by molar-refractivity contribution is 9.10. The number of hydrogen-bond donors (Lipinski definition) is 1. The fourth-order valence-electron chi connectivity index (χ4n) is 4.30. The van der Waals surface area contributed by atoms with E-state index in [0.717, 1.165) is 19.8 Å². The molecule has 3 atom stereocenters. The van der Waals surface area contributed by atoms with E-state index >= 15 is 0 Å². The fourth-order valence-corrected chi connectivity index (χ4v) is 4.98. The van der Waals surface area contributed by atoms with Crippen molar-refractivity contribution in [2.45, 2.75) is 11.5 Å². The van der Waals surface area contributed by atoms with Crippen LogP contribution in [0.2, 0.25) is 0 Å². The molecule has 4 aliphatic heterocycles. The summed E-state index contributed by atoms with van der Waals surface area (Å²) in [4.78, 5) is 5.14. The van der Waals surface area contributed by atoms with Gasteiger partial charge in [-0.3, -0.25) is 9.80 Å². The average molecular weight is 308 g/mol. The van der Waals surface area contributed by atoms with E-state index in [9.17, 15) is 0 Å². The van der Waals surface area contributed by atoms with Crippen LogP contribution in [-0.2, 0) is 5.41 Å². The Morgan fingerprint density at radius 3 is 2.50 bits per heavy atom. The van der Waals surface area contributed by atoms with Gasteiger partial charge in [0.2, 0.25) is 0 Å². The van der Waals surface area contributed by atoms with Crippen molar-refractivity contribution in [2.75, 3.05) is 32.8 Å². The summed E-state index contributed by atoms with van der Waals surface area (Å²) in [7, 11) is 0. The van der Waals surface area contributed by atoms with Crippen molar-refractivity contribution in [3.63, 3.8) is 0 Å². The summed E-state index contributed by atoms with van der Waals surface area (Å²) in [6.07, 6.45) is 0. The summed E-state index contributed by atoms with van der Waals surface area (Å²) < 4.78 is 1.21. The topological polar surface area (TPSA) is 32.5 Å². The van der Waals surface area contributed by atoms with Gasteiger partial charge >= 0.3 is 0 Å². The molecule has 4 heteroatoms. The molecule has 3 unspecified atom stereocenters. The molecule has 0 amide bonds. The van der Waals surface area contributed by atoms with Crippen molar-refractivity contribution in [1.29, 1.82) is 0 Å². The Hall–Kier alpha value is -0.420. The van der Waals surface area contributed by atoms with Crippen LogP contribution in [0.25, 0.3) is 0 Å². The van der Waals surface area contributed by atoms with E-state index in [1.54, 1.807) is 0 Å². The normalized spacial score (nSPS) is 45.4. The molecule has 4 bridgehead atoms. The van der Waals surface area contributed by atoms with Gasteiger partial charge in [-0.05, 0) is 11.6 Å². The highest BCUT2D eigenvalue weighted by Crippen LogP contribution is 2.45. The number of rotatable bonds is 1. The van der Waals surface area contributed by atoms with Crippen molar-refractivity contribution in [3.05, 3.63) is 34.3 Å². The highest BCUT2D eigenvalue weighted by atomic mass is 79.9. The lowest BCUT2D eigenvalue weighted by Crippen LogP contribution is -2.77. The van der Waals surface area contributed by atoms with Crippen LogP contribution in [-0.4, -0.2) is 48.7 Å². The monoisotopic (exact) mass is 307 g/mol. The standard InChI is InChI=1S/C14H18BrN3/c15-12-4-2-1-3-11(12)14-7-17-5-10(13(14)16)6-18(8-14)9-17/h1-4,10,13H,5-9,16H2. The molecule has 1 aromatic rings. The molecule has 96 valence electrons. The minimum absolute atomic E-state index is 0.125. The van der Waals surface area contributed by atoms with Crippen molar-refractivity contribution in [2.24, 2.45) is 11.7 Å². The van der Waals surface area contributed by atoms with Crippen molar-refractivity contribution < 1.29 is 0 Å². The van der Waals surface area contributed by atoms with E-state index in [4.69, 9.17) is 5.73 Å². The smallest absolute Gasteiger partial charge is 0.0507 e. The molecule has 4 heterocycles. The number of hydrogen-bond acceptors (Lipinski definition) is 3. The Morgan fingerprint density at radius 1 is 1.17 bits per heavy atom. The van der Waals surface area contributed by atoms with Crippen LogP contribution in [0, 0.1) is 5.92 Å². The SMILES string of the molecule is NC1C2CN3CN(C2)CC1(c1ccccc1Br)C3. The van der Waals surface area contributed by atoms with E-state index in [0.29, 0.717) is 12.0 Å². The minimum atomic E-state index is 0.125. The molecule has 1 aromatic carbocycles. The van der Waals surface area contributed by atoms with Gasteiger partial charge in [0.25, 0.3) is 0 Å². The number of nitrogens with two attached hydrogens (primary N) is 1. The molecule has 4 saturated heterocycles. The van der Waals surface area contributed by atoms with E-state index < -0.39 is 0 Å². The summed E-state index contributed by atoms with van der Waals surface area (Å²) in [5, 5.41) is 0. The molecular formula is C14H18BrN3. The largest absolute Gasteiger partial charge is 0.326 e. The van der Waals surface area contributed by atoms with Gasteiger partial charge in [0, 0.05) is 48.0 Å². The molecule has 0 aliphatic carbocycles. The van der Waals surface area contributed by atoms with E-state index in [1.807, 2.05) is 0 Å². The molecule has 4 fully saturated rings. The first kappa shape index (κ1) is 11.4. The zero-order valence-corrected chi connectivity index (χ0v) is 11.9. The second-order valence-corrected chi connectivity index (χ2v) is 6.94. The molecule has 4 aliphatic rings. The lowest BCUT2D eigenvalue weighted by Gasteiger charge is -2.62. The van der Waals surface area contributed by atoms with E-state index in [2.05, 4.69) is 50.0 Å². The maximum atomic E-state index is 6.63. The van der Waals surface area contributed by atoms with Crippen LogP contribution in [0.1, 0.15) is 5.56 Å². The zero-order valence-electron chi connectivity index (χ0n) is 10.3. The van der Waals surface area contributed by atoms with Gasteiger partial charge in [-0.25, -0.2) is 0 Å². The first-order valence-corrected chi connectivity index (χ1v) is 7.44. The number of nitrogens with zero attached hydrogens (tertiary/aromatic N) is 2. The quantitative estimate of drug-likeness (QED) is 0.847. The van der Waals surface area contributed by atoms with Gasteiger partial charge in [-0.15, -0.1) is 0 Å². The maximum Gasteiger partial charge on any atom is 0.0507 e. The molecule has 3 nitrogen and oxygen atoms in total. The molecule has 0 saturated carbocycles. The first-order valence-electron chi connectivity index (χ1n) is 6.64. The average Bonchev–Trinajstić information content (AvgIpc) is 2.35. The second-order valence-electron chi connectivity index (χ2n) is 6.09. The maximum absolute atomic E-state index is 6.63. The van der Waals surface area contributed by atoms with Crippen LogP contribution in [0.15, 0.2) is 28.7 Å². The van der Waals surface area contributed by atoms with Gasteiger partial charge in [-0.2, -0.15) is 0 Å². The Balaban J connectivity index is 1.85. The third-order valence-corrected chi connectivity index (χ3v) is 5.64. The number of halogens is 1. The van der Waals surface area contributed by atoms with Gasteiger partial charge in [-0.1, -0.05) is 34.1 Å². The Kier molecular flexibility index (Phi) is 2.40. The van der Waals surface area contributed by atoms with Gasteiger partial charge in [0.15, 0.2) is 0 Å². The van der Waals surface area contributed by atoms with Gasteiger partial charge in [0.1, 0.15) is 0 Å². The third-order valence-electron chi connectivity index (χ3n) is 4.95. The Bertz CT molecular complexity index is 476. The van der Waals surface area contributed by atoms with Crippen LogP contribution >= 0.6 is 15.9 Å². The Labute approximate surface area is 116 Å². The highest BCUT2D eigenvalue weighted by Gasteiger charge is 2.55. The molecule has 2 N–H and O–H groups in total. The van der Waals surface area contributed by atoms with Crippen LogP contribution in [0.3, 0.4) is 0 Å². The molecule has 0 aromatic heterocycles. The van der Waals surface area contributed by atoms with Gasteiger partial charge < -0.3 is 5.73 Å². The predicted molar refractivity (Wildman–Crippen MR) is 75.3 cm³/mol. The zero-order chi connectivity index (χ0) is 12.3. The van der Waals surface area contributed by atoms with Crippen molar-refractivity contribution >= 4 is 15.9 Å². The summed E-state index contributed by atoms with van der Waals surface area (Å²) in [5.74, 6) is 0.633. The first-order chi connectivity index (χ1) is 8.69. The van der Waals surface area contributed by atoms with Gasteiger partial charge in [0.05, 0.1) is 6.67 Å².